The highest BCUT2D eigenvalue weighted by Gasteiger charge is 2.26. The highest BCUT2D eigenvalue weighted by molar-refractivity contribution is 5.81. The summed E-state index contributed by atoms with van der Waals surface area (Å²) in [6.45, 7) is 8.93. The van der Waals surface area contributed by atoms with Gasteiger partial charge in [0.2, 0.25) is 0 Å². The Morgan fingerprint density at radius 3 is 2.27 bits per heavy atom. The molecule has 0 aliphatic rings. The lowest BCUT2D eigenvalue weighted by atomic mass is 9.91. The van der Waals surface area contributed by atoms with Crippen molar-refractivity contribution in [3.05, 3.63) is 12.7 Å². The Hall–Kier alpha value is -1.32. The van der Waals surface area contributed by atoms with Gasteiger partial charge in [-0.15, -0.1) is 0 Å². The van der Waals surface area contributed by atoms with Crippen molar-refractivity contribution < 1.29 is 19.1 Å². The molecular weight excluding hydrogens is 196 g/mol. The van der Waals surface area contributed by atoms with E-state index in [1.807, 2.05) is 20.8 Å². The molecule has 4 nitrogen and oxygen atoms in total. The third-order valence-corrected chi connectivity index (χ3v) is 2.16. The van der Waals surface area contributed by atoms with Crippen LogP contribution in [0.2, 0.25) is 0 Å². The number of carbonyl (C=O) groups excluding carboxylic acids is 2. The summed E-state index contributed by atoms with van der Waals surface area (Å²) in [5, 5.41) is 0. The monoisotopic (exact) mass is 214 g/mol. The lowest BCUT2D eigenvalue weighted by molar-refractivity contribution is -0.157. The average molecular weight is 214 g/mol. The maximum atomic E-state index is 11.4. The van der Waals surface area contributed by atoms with Gasteiger partial charge in [-0.1, -0.05) is 13.5 Å². The Balaban J connectivity index is 3.73. The molecule has 0 unspecified atom stereocenters. The van der Waals surface area contributed by atoms with Crippen molar-refractivity contribution in [2.75, 3.05) is 13.2 Å². The van der Waals surface area contributed by atoms with E-state index in [0.717, 1.165) is 6.08 Å². The summed E-state index contributed by atoms with van der Waals surface area (Å²) in [6, 6.07) is 0. The van der Waals surface area contributed by atoms with Crippen LogP contribution in [0.5, 0.6) is 0 Å². The maximum Gasteiger partial charge on any atom is 0.330 e. The summed E-state index contributed by atoms with van der Waals surface area (Å²) < 4.78 is 9.60. The highest BCUT2D eigenvalue weighted by atomic mass is 16.6. The Morgan fingerprint density at radius 2 is 1.80 bits per heavy atom. The first-order valence-corrected chi connectivity index (χ1v) is 4.90. The van der Waals surface area contributed by atoms with Crippen LogP contribution in [0.15, 0.2) is 12.7 Å². The fraction of sp³-hybridized carbons (Fsp3) is 0.636. The topological polar surface area (TPSA) is 52.6 Å². The highest BCUT2D eigenvalue weighted by Crippen LogP contribution is 2.21. The van der Waals surface area contributed by atoms with Crippen molar-refractivity contribution in [1.29, 1.82) is 0 Å². The van der Waals surface area contributed by atoms with E-state index >= 15 is 0 Å². The molecule has 0 radical (unpaired) electrons. The molecule has 0 aromatic heterocycles. The summed E-state index contributed by atoms with van der Waals surface area (Å²) in [5.74, 6) is -0.791. The quantitative estimate of drug-likeness (QED) is 0.383. The fourth-order valence-electron chi connectivity index (χ4n) is 0.675. The number of carbonyl (C=O) groups is 2. The van der Waals surface area contributed by atoms with Gasteiger partial charge in [-0.3, -0.25) is 4.79 Å². The second kappa shape index (κ2) is 6.22. The van der Waals surface area contributed by atoms with Crippen molar-refractivity contribution in [3.63, 3.8) is 0 Å². The molecule has 0 rings (SSSR count). The van der Waals surface area contributed by atoms with Gasteiger partial charge in [-0.2, -0.15) is 0 Å². The first-order valence-electron chi connectivity index (χ1n) is 4.90. The number of rotatable bonds is 6. The first kappa shape index (κ1) is 13.7. The van der Waals surface area contributed by atoms with E-state index in [0.29, 0.717) is 6.42 Å². The van der Waals surface area contributed by atoms with E-state index < -0.39 is 11.4 Å². The van der Waals surface area contributed by atoms with Gasteiger partial charge in [0.1, 0.15) is 13.2 Å². The molecule has 0 aliphatic carbocycles. The van der Waals surface area contributed by atoms with E-state index in [-0.39, 0.29) is 19.2 Å². The Kier molecular flexibility index (Phi) is 5.67. The first-order chi connectivity index (χ1) is 6.94. The smallest absolute Gasteiger partial charge is 0.330 e. The summed E-state index contributed by atoms with van der Waals surface area (Å²) in [7, 11) is 0. The number of hydrogen-bond acceptors (Lipinski definition) is 4. The zero-order valence-electron chi connectivity index (χ0n) is 9.54. The normalized spacial score (nSPS) is 10.6. The zero-order valence-corrected chi connectivity index (χ0v) is 9.54. The van der Waals surface area contributed by atoms with E-state index in [2.05, 4.69) is 11.3 Å². The predicted molar refractivity (Wildman–Crippen MR) is 56.2 cm³/mol. The summed E-state index contributed by atoms with van der Waals surface area (Å²) in [4.78, 5) is 22.1. The standard InChI is InChI=1S/C11H18O4/c1-5-9(12)14-7-8-15-10(13)11(3,4)6-2/h5H,1,6-8H2,2-4H3. The van der Waals surface area contributed by atoms with Crippen LogP contribution in [0.25, 0.3) is 0 Å². The molecule has 0 aliphatic heterocycles. The van der Waals surface area contributed by atoms with Crippen LogP contribution in [0.3, 0.4) is 0 Å². The molecule has 0 aromatic carbocycles. The van der Waals surface area contributed by atoms with Crippen LogP contribution >= 0.6 is 0 Å². The van der Waals surface area contributed by atoms with Crippen LogP contribution in [-0.4, -0.2) is 25.2 Å². The number of hydrogen-bond donors (Lipinski definition) is 0. The number of esters is 2. The Bertz CT molecular complexity index is 243. The third kappa shape index (κ3) is 5.20. The lowest BCUT2D eigenvalue weighted by Crippen LogP contribution is -2.27. The lowest BCUT2D eigenvalue weighted by Gasteiger charge is -2.20. The van der Waals surface area contributed by atoms with Gasteiger partial charge >= 0.3 is 11.9 Å². The van der Waals surface area contributed by atoms with Crippen LogP contribution in [0.1, 0.15) is 27.2 Å². The molecule has 0 spiro atoms. The molecule has 0 bridgehead atoms. The molecule has 0 N–H and O–H groups in total. The van der Waals surface area contributed by atoms with Crippen molar-refractivity contribution in [2.45, 2.75) is 27.2 Å². The predicted octanol–water partition coefficient (Wildman–Crippen LogP) is 1.69. The van der Waals surface area contributed by atoms with Crippen molar-refractivity contribution in [3.8, 4) is 0 Å². The SMILES string of the molecule is C=CC(=O)OCCOC(=O)C(C)(C)CC. The minimum absolute atomic E-state index is 0.0659. The van der Waals surface area contributed by atoms with E-state index in [9.17, 15) is 9.59 Å². The minimum Gasteiger partial charge on any atom is -0.462 e. The van der Waals surface area contributed by atoms with Gasteiger partial charge in [0, 0.05) is 6.08 Å². The molecule has 0 fully saturated rings. The second-order valence-corrected chi connectivity index (χ2v) is 3.74. The summed E-state index contributed by atoms with van der Waals surface area (Å²) in [5.41, 5.74) is -0.484. The molecule has 15 heavy (non-hydrogen) atoms. The van der Waals surface area contributed by atoms with Gasteiger partial charge in [0.15, 0.2) is 0 Å². The van der Waals surface area contributed by atoms with Gasteiger partial charge in [0.05, 0.1) is 5.41 Å². The number of ether oxygens (including phenoxy) is 2. The molecule has 86 valence electrons. The van der Waals surface area contributed by atoms with Crippen molar-refractivity contribution in [1.82, 2.24) is 0 Å². The Labute approximate surface area is 90.2 Å². The Morgan fingerprint density at radius 1 is 1.27 bits per heavy atom. The van der Waals surface area contributed by atoms with Gasteiger partial charge in [-0.05, 0) is 20.3 Å². The molecule has 0 atom stereocenters. The van der Waals surface area contributed by atoms with E-state index in [4.69, 9.17) is 4.74 Å². The van der Waals surface area contributed by atoms with Crippen molar-refractivity contribution >= 4 is 11.9 Å². The molecule has 0 saturated carbocycles. The van der Waals surface area contributed by atoms with Crippen LogP contribution < -0.4 is 0 Å². The summed E-state index contributed by atoms with van der Waals surface area (Å²) in [6.07, 6.45) is 1.77. The molecule has 4 heteroatoms. The third-order valence-electron chi connectivity index (χ3n) is 2.16. The van der Waals surface area contributed by atoms with Crippen molar-refractivity contribution in [2.24, 2.45) is 5.41 Å². The van der Waals surface area contributed by atoms with Crippen LogP contribution in [0, 0.1) is 5.41 Å². The maximum absolute atomic E-state index is 11.4. The van der Waals surface area contributed by atoms with E-state index in [1.165, 1.54) is 0 Å². The van der Waals surface area contributed by atoms with E-state index in [1.54, 1.807) is 0 Å². The average Bonchev–Trinajstić information content (AvgIpc) is 2.23. The van der Waals surface area contributed by atoms with Gasteiger partial charge in [0.25, 0.3) is 0 Å². The molecule has 0 heterocycles. The van der Waals surface area contributed by atoms with Gasteiger partial charge in [-0.25, -0.2) is 4.79 Å². The molecule has 0 amide bonds. The minimum atomic E-state index is -0.513. The van der Waals surface area contributed by atoms with Crippen LogP contribution in [0.4, 0.5) is 0 Å². The molecule has 0 aromatic rings. The molecular formula is C11H18O4. The summed E-state index contributed by atoms with van der Waals surface area (Å²) >= 11 is 0. The largest absolute Gasteiger partial charge is 0.462 e. The second-order valence-electron chi connectivity index (χ2n) is 3.74. The zero-order chi connectivity index (χ0) is 11.9. The fourth-order valence-corrected chi connectivity index (χ4v) is 0.675. The molecule has 0 saturated heterocycles. The van der Waals surface area contributed by atoms with Crippen LogP contribution in [-0.2, 0) is 19.1 Å². The van der Waals surface area contributed by atoms with Gasteiger partial charge < -0.3 is 9.47 Å².